The highest BCUT2D eigenvalue weighted by molar-refractivity contribution is 6.30. The molecule has 0 fully saturated rings. The highest BCUT2D eigenvalue weighted by atomic mass is 35.5. The molecule has 1 heterocycles. The van der Waals surface area contributed by atoms with Gasteiger partial charge in [0.15, 0.2) is 0 Å². The fraction of sp³-hybridized carbons (Fsp3) is 0. The van der Waals surface area contributed by atoms with Crippen molar-refractivity contribution in [2.75, 3.05) is 0 Å². The number of fused-ring (bicyclic) bond motifs is 1. The standard InChI is InChI=1S/C7H3ClNO/c8-5-1-2-7-6(3-5)9-4-10-7/h1-3H/q+1. The third kappa shape index (κ3) is 0.747. The normalized spacial score (nSPS) is 12.1. The van der Waals surface area contributed by atoms with Crippen molar-refractivity contribution in [2.45, 2.75) is 0 Å². The average molecular weight is 153 g/mol. The fourth-order valence-electron chi connectivity index (χ4n) is 0.785. The van der Waals surface area contributed by atoms with Gasteiger partial charge in [0.1, 0.15) is 0 Å². The molecular formula is C7H3ClNO+. The first-order valence-electron chi connectivity index (χ1n) is 2.78. The third-order valence-corrected chi connectivity index (χ3v) is 1.48. The molecule has 0 spiro atoms. The molecule has 1 aromatic rings. The summed E-state index contributed by atoms with van der Waals surface area (Å²) >= 11 is 5.68. The Kier molecular flexibility index (Phi) is 1.10. The summed E-state index contributed by atoms with van der Waals surface area (Å²) in [5, 5.41) is 0.662. The van der Waals surface area contributed by atoms with Crippen LogP contribution in [-0.4, -0.2) is 6.40 Å². The summed E-state index contributed by atoms with van der Waals surface area (Å²) < 4.78 is 4.88. The van der Waals surface area contributed by atoms with Crippen LogP contribution in [0.25, 0.3) is 0 Å². The Balaban J connectivity index is 2.60. The van der Waals surface area contributed by atoms with E-state index in [-0.39, 0.29) is 0 Å². The number of hydrogen-bond donors (Lipinski definition) is 0. The summed E-state index contributed by atoms with van der Waals surface area (Å²) in [5.74, 6) is 0.712. The van der Waals surface area contributed by atoms with Gasteiger partial charge < -0.3 is 0 Å². The lowest BCUT2D eigenvalue weighted by molar-refractivity contribution is 0.593. The first kappa shape index (κ1) is 5.66. The quantitative estimate of drug-likeness (QED) is 0.523. The zero-order chi connectivity index (χ0) is 6.97. The second-order valence-electron chi connectivity index (χ2n) is 1.92. The van der Waals surface area contributed by atoms with Crippen molar-refractivity contribution in [3.8, 4) is 5.75 Å². The Morgan fingerprint density at radius 3 is 3.30 bits per heavy atom. The van der Waals surface area contributed by atoms with E-state index in [9.17, 15) is 0 Å². The van der Waals surface area contributed by atoms with Gasteiger partial charge in [0, 0.05) is 0 Å². The van der Waals surface area contributed by atoms with Gasteiger partial charge in [0.2, 0.25) is 0 Å². The third-order valence-electron chi connectivity index (χ3n) is 1.24. The largest absolute Gasteiger partial charge is 0.370 e. The van der Waals surface area contributed by atoms with E-state index in [1.807, 2.05) is 0 Å². The molecule has 2 rings (SSSR count). The molecule has 0 radical (unpaired) electrons. The van der Waals surface area contributed by atoms with E-state index in [2.05, 4.69) is 11.4 Å². The maximum absolute atomic E-state index is 5.68. The molecule has 10 heavy (non-hydrogen) atoms. The zero-order valence-electron chi connectivity index (χ0n) is 4.97. The van der Waals surface area contributed by atoms with Crippen molar-refractivity contribution in [3.05, 3.63) is 23.2 Å². The van der Waals surface area contributed by atoms with Gasteiger partial charge in [-0.05, 0) is 11.1 Å². The molecule has 0 saturated carbocycles. The Labute approximate surface area is 63.1 Å². The summed E-state index contributed by atoms with van der Waals surface area (Å²) in [5.41, 5.74) is 0.743. The van der Waals surface area contributed by atoms with E-state index >= 15 is 0 Å². The highest BCUT2D eigenvalue weighted by Gasteiger charge is 2.20. The minimum Gasteiger partial charge on any atom is -0.251 e. The Bertz CT molecular complexity index is 296. The van der Waals surface area contributed by atoms with Crippen molar-refractivity contribution in [1.29, 1.82) is 0 Å². The van der Waals surface area contributed by atoms with Crippen LogP contribution < -0.4 is 4.74 Å². The monoisotopic (exact) mass is 152 g/mol. The Morgan fingerprint density at radius 2 is 2.40 bits per heavy atom. The van der Waals surface area contributed by atoms with Crippen LogP contribution >= 0.6 is 11.6 Å². The molecule has 0 atom stereocenters. The second-order valence-corrected chi connectivity index (χ2v) is 2.35. The molecule has 2 nitrogen and oxygen atoms in total. The molecule has 3 heteroatoms. The van der Waals surface area contributed by atoms with Gasteiger partial charge in [-0.25, -0.2) is 0 Å². The van der Waals surface area contributed by atoms with Gasteiger partial charge in [-0.15, -0.1) is 0 Å². The van der Waals surface area contributed by atoms with Crippen LogP contribution in [-0.2, 0) is 0 Å². The van der Waals surface area contributed by atoms with Crippen molar-refractivity contribution < 1.29 is 4.74 Å². The van der Waals surface area contributed by atoms with Crippen LogP contribution in [0.15, 0.2) is 23.2 Å². The van der Waals surface area contributed by atoms with Crippen molar-refractivity contribution in [1.82, 2.24) is 0 Å². The maximum atomic E-state index is 5.68. The van der Waals surface area contributed by atoms with Gasteiger partial charge in [-0.1, -0.05) is 11.6 Å². The average Bonchev–Trinajstić information content (AvgIpc) is 2.33. The number of benzene rings is 1. The summed E-state index contributed by atoms with van der Waals surface area (Å²) in [6, 6.07) is 5.25. The molecule has 1 aliphatic rings. The molecular weight excluding hydrogens is 150 g/mol. The molecule has 0 aliphatic carbocycles. The summed E-state index contributed by atoms with van der Waals surface area (Å²) in [7, 11) is 0. The number of nitrogens with zero attached hydrogens (tertiary/aromatic N) is 1. The van der Waals surface area contributed by atoms with E-state index in [0.717, 1.165) is 5.69 Å². The van der Waals surface area contributed by atoms with E-state index in [1.54, 1.807) is 18.2 Å². The molecule has 48 valence electrons. The molecule has 1 aliphatic heterocycles. The smallest absolute Gasteiger partial charge is 0.251 e. The van der Waals surface area contributed by atoms with E-state index in [0.29, 0.717) is 10.8 Å². The number of ether oxygens (including phenoxy) is 1. The Hall–Kier alpha value is -1.11. The minimum atomic E-state index is 0.662. The lowest BCUT2D eigenvalue weighted by Gasteiger charge is -1.83. The van der Waals surface area contributed by atoms with E-state index in [1.165, 1.54) is 0 Å². The number of aliphatic imine (C=N–C) groups is 1. The minimum absolute atomic E-state index is 0.662. The van der Waals surface area contributed by atoms with E-state index < -0.39 is 0 Å². The van der Waals surface area contributed by atoms with Gasteiger partial charge in [-0.3, -0.25) is 4.74 Å². The molecule has 1 aromatic carbocycles. The maximum Gasteiger partial charge on any atom is 0.370 e. The molecule has 0 saturated heterocycles. The van der Waals surface area contributed by atoms with Gasteiger partial charge >= 0.3 is 12.2 Å². The lowest BCUT2D eigenvalue weighted by Crippen LogP contribution is -1.79. The van der Waals surface area contributed by atoms with E-state index in [4.69, 9.17) is 16.3 Å². The van der Waals surface area contributed by atoms with Gasteiger partial charge in [0.25, 0.3) is 5.69 Å². The predicted molar refractivity (Wildman–Crippen MR) is 39.2 cm³/mol. The first-order valence-corrected chi connectivity index (χ1v) is 3.16. The van der Waals surface area contributed by atoms with Crippen molar-refractivity contribution in [3.63, 3.8) is 0 Å². The topological polar surface area (TPSA) is 21.6 Å². The summed E-state index contributed by atoms with van der Waals surface area (Å²) in [6.45, 7) is 0. The van der Waals surface area contributed by atoms with Gasteiger partial charge in [-0.2, -0.15) is 0 Å². The first-order chi connectivity index (χ1) is 4.86. The van der Waals surface area contributed by atoms with Crippen LogP contribution in [0.2, 0.25) is 5.02 Å². The molecule has 0 bridgehead atoms. The Morgan fingerprint density at radius 1 is 1.50 bits per heavy atom. The zero-order valence-corrected chi connectivity index (χ0v) is 5.72. The summed E-state index contributed by atoms with van der Waals surface area (Å²) in [6.07, 6.45) is 2.38. The van der Waals surface area contributed by atoms with Crippen LogP contribution in [0.5, 0.6) is 5.75 Å². The number of rotatable bonds is 0. The number of halogens is 1. The molecule has 0 N–H and O–H groups in total. The molecule has 0 unspecified atom stereocenters. The molecule has 0 amide bonds. The SMILES string of the molecule is Clc1ccc2c(c1)N=[C+]O2. The highest BCUT2D eigenvalue weighted by Crippen LogP contribution is 2.32. The number of hydrogen-bond acceptors (Lipinski definition) is 2. The van der Waals surface area contributed by atoms with Crippen molar-refractivity contribution in [2.24, 2.45) is 4.99 Å². The molecule has 0 aromatic heterocycles. The lowest BCUT2D eigenvalue weighted by atomic mass is 10.3. The summed E-state index contributed by atoms with van der Waals surface area (Å²) in [4.78, 5) is 3.80. The van der Waals surface area contributed by atoms with Crippen LogP contribution in [0.3, 0.4) is 0 Å². The van der Waals surface area contributed by atoms with Crippen LogP contribution in [0, 0.1) is 0 Å². The van der Waals surface area contributed by atoms with Crippen molar-refractivity contribution >= 4 is 23.7 Å². The second kappa shape index (κ2) is 1.94. The predicted octanol–water partition coefficient (Wildman–Crippen LogP) is 2.27. The van der Waals surface area contributed by atoms with Gasteiger partial charge in [0.05, 0.1) is 17.2 Å². The van der Waals surface area contributed by atoms with Crippen LogP contribution in [0.4, 0.5) is 5.69 Å². The fourth-order valence-corrected chi connectivity index (χ4v) is 0.952. The van der Waals surface area contributed by atoms with Crippen LogP contribution in [0.1, 0.15) is 0 Å².